The maximum Gasteiger partial charge on any atom is 0.306 e. The van der Waals surface area contributed by atoms with Crippen molar-refractivity contribution >= 4 is 5.97 Å². The van der Waals surface area contributed by atoms with E-state index >= 15 is 0 Å². The number of carbonyl (C=O) groups is 1. The molecule has 0 bridgehead atoms. The van der Waals surface area contributed by atoms with Gasteiger partial charge >= 0.3 is 5.97 Å². The summed E-state index contributed by atoms with van der Waals surface area (Å²) < 4.78 is 11.0. The van der Waals surface area contributed by atoms with E-state index in [1.807, 2.05) is 0 Å². The fourth-order valence-electron chi connectivity index (χ4n) is 2.06. The zero-order valence-corrected chi connectivity index (χ0v) is 8.85. The number of hydrogen-bond donors (Lipinski definition) is 1. The van der Waals surface area contributed by atoms with Crippen molar-refractivity contribution in [2.45, 2.75) is 38.4 Å². The van der Waals surface area contributed by atoms with Crippen LogP contribution in [0.25, 0.3) is 0 Å². The molecule has 1 heterocycles. The lowest BCUT2D eigenvalue weighted by molar-refractivity contribution is -0.163. The van der Waals surface area contributed by atoms with E-state index in [1.165, 1.54) is 6.42 Å². The second-order valence-electron chi connectivity index (χ2n) is 4.40. The molecule has 15 heavy (non-hydrogen) atoms. The van der Waals surface area contributed by atoms with Gasteiger partial charge in [0.1, 0.15) is 0 Å². The van der Waals surface area contributed by atoms with Crippen LogP contribution in [0.15, 0.2) is 0 Å². The Labute approximate surface area is 89.6 Å². The van der Waals surface area contributed by atoms with Gasteiger partial charge in [-0.15, -0.1) is 0 Å². The van der Waals surface area contributed by atoms with Gasteiger partial charge in [-0.1, -0.05) is 0 Å². The standard InChI is InChI=1S/C11H18O4/c12-11(13)9-7-8(9)4-6-15-10-3-1-2-5-14-10/h8-10H,1-7H2,(H,12,13). The molecule has 2 fully saturated rings. The summed E-state index contributed by atoms with van der Waals surface area (Å²) in [6, 6.07) is 0. The maximum atomic E-state index is 10.6. The van der Waals surface area contributed by atoms with E-state index in [-0.39, 0.29) is 12.2 Å². The van der Waals surface area contributed by atoms with Gasteiger partial charge in [-0.05, 0) is 38.0 Å². The zero-order valence-electron chi connectivity index (χ0n) is 8.85. The second-order valence-corrected chi connectivity index (χ2v) is 4.40. The molecular weight excluding hydrogens is 196 g/mol. The van der Waals surface area contributed by atoms with Gasteiger partial charge in [-0.3, -0.25) is 4.79 Å². The molecule has 0 aromatic rings. The number of ether oxygens (including phenoxy) is 2. The van der Waals surface area contributed by atoms with E-state index in [0.29, 0.717) is 12.5 Å². The molecule has 3 atom stereocenters. The second kappa shape index (κ2) is 4.94. The van der Waals surface area contributed by atoms with Crippen molar-refractivity contribution in [3.05, 3.63) is 0 Å². The molecule has 2 aliphatic rings. The van der Waals surface area contributed by atoms with Crippen molar-refractivity contribution in [1.29, 1.82) is 0 Å². The highest BCUT2D eigenvalue weighted by molar-refractivity contribution is 5.73. The van der Waals surface area contributed by atoms with E-state index in [2.05, 4.69) is 0 Å². The predicted molar refractivity (Wildman–Crippen MR) is 53.4 cm³/mol. The summed E-state index contributed by atoms with van der Waals surface area (Å²) in [6.07, 6.45) is 4.92. The Bertz CT molecular complexity index is 223. The lowest BCUT2D eigenvalue weighted by Gasteiger charge is -2.22. The highest BCUT2D eigenvalue weighted by Crippen LogP contribution is 2.41. The molecule has 1 aliphatic carbocycles. The third kappa shape index (κ3) is 3.18. The van der Waals surface area contributed by atoms with Crippen LogP contribution in [0.5, 0.6) is 0 Å². The maximum absolute atomic E-state index is 10.6. The predicted octanol–water partition coefficient (Wildman–Crippen LogP) is 1.64. The molecule has 86 valence electrons. The first kappa shape index (κ1) is 10.9. The van der Waals surface area contributed by atoms with Crippen molar-refractivity contribution in [3.8, 4) is 0 Å². The van der Waals surface area contributed by atoms with Gasteiger partial charge < -0.3 is 14.6 Å². The Morgan fingerprint density at radius 1 is 1.47 bits per heavy atom. The van der Waals surface area contributed by atoms with Crippen LogP contribution in [0.3, 0.4) is 0 Å². The number of rotatable bonds is 5. The van der Waals surface area contributed by atoms with Gasteiger partial charge in [0.15, 0.2) is 6.29 Å². The molecule has 2 rings (SSSR count). The van der Waals surface area contributed by atoms with Gasteiger partial charge in [0.25, 0.3) is 0 Å². The number of carboxylic acids is 1. The summed E-state index contributed by atoms with van der Waals surface area (Å²) in [6.45, 7) is 1.44. The van der Waals surface area contributed by atoms with Gasteiger partial charge in [-0.25, -0.2) is 0 Å². The molecule has 1 saturated carbocycles. The van der Waals surface area contributed by atoms with E-state index in [4.69, 9.17) is 14.6 Å². The van der Waals surface area contributed by atoms with Crippen LogP contribution >= 0.6 is 0 Å². The minimum Gasteiger partial charge on any atom is -0.481 e. The minimum absolute atomic E-state index is 0.0409. The van der Waals surface area contributed by atoms with E-state index in [9.17, 15) is 4.79 Å². The smallest absolute Gasteiger partial charge is 0.306 e. The van der Waals surface area contributed by atoms with E-state index in [1.54, 1.807) is 0 Å². The summed E-state index contributed by atoms with van der Waals surface area (Å²) in [4.78, 5) is 10.6. The third-order valence-electron chi connectivity index (χ3n) is 3.17. The molecular formula is C11H18O4. The Balaban J connectivity index is 1.54. The van der Waals surface area contributed by atoms with Crippen LogP contribution in [-0.4, -0.2) is 30.6 Å². The van der Waals surface area contributed by atoms with Crippen LogP contribution in [-0.2, 0) is 14.3 Å². The third-order valence-corrected chi connectivity index (χ3v) is 3.17. The van der Waals surface area contributed by atoms with Crippen molar-refractivity contribution in [2.24, 2.45) is 11.8 Å². The largest absolute Gasteiger partial charge is 0.481 e. The average Bonchev–Trinajstić information content (AvgIpc) is 2.99. The van der Waals surface area contributed by atoms with Gasteiger partial charge in [0.05, 0.1) is 12.5 Å². The summed E-state index contributed by atoms with van der Waals surface area (Å²) >= 11 is 0. The van der Waals surface area contributed by atoms with Crippen molar-refractivity contribution in [3.63, 3.8) is 0 Å². The summed E-state index contributed by atoms with van der Waals surface area (Å²) in [5.74, 6) is -0.430. The molecule has 0 spiro atoms. The van der Waals surface area contributed by atoms with Crippen LogP contribution in [0.4, 0.5) is 0 Å². The highest BCUT2D eigenvalue weighted by Gasteiger charge is 2.42. The Hall–Kier alpha value is -0.610. The van der Waals surface area contributed by atoms with E-state index < -0.39 is 5.97 Å². The SMILES string of the molecule is O=C(O)C1CC1CCOC1CCCCO1. The molecule has 1 N–H and O–H groups in total. The summed E-state index contributed by atoms with van der Waals surface area (Å²) in [5, 5.41) is 8.71. The normalized spacial score (nSPS) is 35.1. The fraction of sp³-hybridized carbons (Fsp3) is 0.909. The molecule has 0 aromatic heterocycles. The highest BCUT2D eigenvalue weighted by atomic mass is 16.7. The van der Waals surface area contributed by atoms with Crippen LogP contribution in [0.2, 0.25) is 0 Å². The molecule has 4 nitrogen and oxygen atoms in total. The molecule has 3 unspecified atom stereocenters. The Morgan fingerprint density at radius 2 is 2.33 bits per heavy atom. The van der Waals surface area contributed by atoms with Crippen molar-refractivity contribution in [1.82, 2.24) is 0 Å². The molecule has 4 heteroatoms. The zero-order chi connectivity index (χ0) is 10.7. The minimum atomic E-state index is -0.658. The lowest BCUT2D eigenvalue weighted by Crippen LogP contribution is -2.22. The Morgan fingerprint density at radius 3 is 2.93 bits per heavy atom. The van der Waals surface area contributed by atoms with Crippen molar-refractivity contribution in [2.75, 3.05) is 13.2 Å². The fourth-order valence-corrected chi connectivity index (χ4v) is 2.06. The van der Waals surface area contributed by atoms with Gasteiger partial charge in [0, 0.05) is 6.61 Å². The summed E-state index contributed by atoms with van der Waals surface area (Å²) in [7, 11) is 0. The first-order valence-electron chi connectivity index (χ1n) is 5.73. The lowest BCUT2D eigenvalue weighted by atomic mass is 10.2. The summed E-state index contributed by atoms with van der Waals surface area (Å²) in [5.41, 5.74) is 0. The number of carboxylic acid groups (broad SMARTS) is 1. The molecule has 0 amide bonds. The topological polar surface area (TPSA) is 55.8 Å². The van der Waals surface area contributed by atoms with Gasteiger partial charge in [0.2, 0.25) is 0 Å². The van der Waals surface area contributed by atoms with Crippen LogP contribution < -0.4 is 0 Å². The molecule has 1 aliphatic heterocycles. The average molecular weight is 214 g/mol. The quantitative estimate of drug-likeness (QED) is 0.756. The first-order valence-corrected chi connectivity index (χ1v) is 5.73. The molecule has 0 aromatic carbocycles. The molecule has 0 radical (unpaired) electrons. The van der Waals surface area contributed by atoms with Crippen LogP contribution in [0.1, 0.15) is 32.1 Å². The van der Waals surface area contributed by atoms with Crippen LogP contribution in [0, 0.1) is 11.8 Å². The Kier molecular flexibility index (Phi) is 3.59. The van der Waals surface area contributed by atoms with E-state index in [0.717, 1.165) is 32.3 Å². The van der Waals surface area contributed by atoms with Crippen molar-refractivity contribution < 1.29 is 19.4 Å². The monoisotopic (exact) mass is 214 g/mol. The molecule has 1 saturated heterocycles. The number of aliphatic carboxylic acids is 1. The first-order chi connectivity index (χ1) is 7.27. The number of hydrogen-bond acceptors (Lipinski definition) is 3. The van der Waals surface area contributed by atoms with Gasteiger partial charge in [-0.2, -0.15) is 0 Å².